The Morgan fingerprint density at radius 3 is 1.75 bits per heavy atom. The van der Waals surface area contributed by atoms with E-state index in [2.05, 4.69) is 11.1 Å². The van der Waals surface area contributed by atoms with E-state index in [-0.39, 0.29) is 4.70 Å². The third-order valence-electron chi connectivity index (χ3n) is 0. The van der Waals surface area contributed by atoms with Crippen LogP contribution in [0, 0.1) is 5.53 Å². The molecule has 0 aromatic carbocycles. The van der Waals surface area contributed by atoms with Crippen LogP contribution >= 0.6 is 0 Å². The van der Waals surface area contributed by atoms with E-state index in [0.29, 0.717) is 0 Å². The molecular formula is H4FN3. The summed E-state index contributed by atoms with van der Waals surface area (Å²) >= 11 is 0. The first-order valence-corrected chi connectivity index (χ1v) is 0.482. The Morgan fingerprint density at radius 1 is 1.75 bits per heavy atom. The molecule has 26 valence electrons. The number of hydrogen-bond acceptors (Lipinski definition) is 2. The van der Waals surface area contributed by atoms with E-state index >= 15 is 0 Å². The molecule has 0 aliphatic carbocycles. The van der Waals surface area contributed by atoms with Gasteiger partial charge in [0, 0.05) is 0 Å². The van der Waals surface area contributed by atoms with Crippen molar-refractivity contribution in [2.75, 3.05) is 0 Å². The fourth-order valence-electron chi connectivity index (χ4n) is 0. The molecule has 0 aromatic heterocycles. The molecule has 0 amide bonds. The maximum absolute atomic E-state index is 5.61. The molecule has 0 fully saturated rings. The predicted octanol–water partition coefficient (Wildman–Crippen LogP) is 0.0436. The minimum atomic E-state index is 0. The maximum atomic E-state index is 5.61. The zero-order valence-corrected chi connectivity index (χ0v) is 1.93. The zero-order valence-electron chi connectivity index (χ0n) is 1.93. The number of nitrogens with one attached hydrogen (secondary N) is 1. The van der Waals surface area contributed by atoms with Crippen LogP contribution in [-0.4, -0.2) is 0 Å². The van der Waals surface area contributed by atoms with Gasteiger partial charge in [0.15, 0.2) is 0 Å². The van der Waals surface area contributed by atoms with Gasteiger partial charge in [-0.3, -0.25) is 4.70 Å². The molecule has 0 unspecified atom stereocenters. The molecule has 0 aliphatic rings. The van der Waals surface area contributed by atoms with Crippen molar-refractivity contribution in [3.05, 3.63) is 0 Å². The third-order valence-corrected chi connectivity index (χ3v) is 0. The average Bonchev–Trinajstić information content (AvgIpc) is 0.918. The van der Waals surface area contributed by atoms with E-state index in [1.165, 1.54) is 0 Å². The van der Waals surface area contributed by atoms with E-state index in [4.69, 9.17) is 5.53 Å². The number of rotatable bonds is 0. The molecule has 0 aromatic rings. The summed E-state index contributed by atoms with van der Waals surface area (Å²) in [7, 11) is 0. The second kappa shape index (κ2) is 37.8. The highest BCUT2D eigenvalue weighted by atomic mass is 19.0. The summed E-state index contributed by atoms with van der Waals surface area (Å²) in [6.45, 7) is 0. The third kappa shape index (κ3) is 0.323. The van der Waals surface area contributed by atoms with Crippen LogP contribution in [0.5, 0.6) is 0 Å². The summed E-state index contributed by atoms with van der Waals surface area (Å²) in [5.74, 6) is 4.14. The first-order chi connectivity index (χ1) is 1.41. The SMILES string of the molecule is F.N=NN. The summed E-state index contributed by atoms with van der Waals surface area (Å²) in [5.41, 5.74) is 5.61. The van der Waals surface area contributed by atoms with Crippen molar-refractivity contribution >= 4 is 0 Å². The zero-order chi connectivity index (χ0) is 2.71. The second-order valence-electron chi connectivity index (χ2n) is 0.129. The van der Waals surface area contributed by atoms with Gasteiger partial charge in [0.2, 0.25) is 0 Å². The Kier molecular flexibility index (Phi) is 96.7. The number of nitrogens with two attached hydrogens (primary N) is 1. The summed E-state index contributed by atoms with van der Waals surface area (Å²) in [4.78, 5) is 0. The predicted molar refractivity (Wildman–Crippen MR) is 11.8 cm³/mol. The van der Waals surface area contributed by atoms with Gasteiger partial charge >= 0.3 is 0 Å². The molecule has 0 heterocycles. The molecule has 0 saturated heterocycles. The molecule has 0 saturated carbocycles. The highest BCUT2D eigenvalue weighted by molar-refractivity contribution is 3.51. The van der Waals surface area contributed by atoms with Gasteiger partial charge in [0.05, 0.1) is 0 Å². The molecule has 0 spiro atoms. The Bertz CT molecular complexity index is 10.8. The molecule has 4 heavy (non-hydrogen) atoms. The number of hydrogen-bond donors (Lipinski definition) is 2. The molecule has 4 heteroatoms. The molecule has 0 atom stereocenters. The fourth-order valence-corrected chi connectivity index (χ4v) is 0. The summed E-state index contributed by atoms with van der Waals surface area (Å²) in [6, 6.07) is 0. The first-order valence-electron chi connectivity index (χ1n) is 0.482. The molecule has 3 N–H and O–H groups in total. The lowest BCUT2D eigenvalue weighted by Crippen LogP contribution is -1.66. The normalized spacial score (nSPS) is 3.00. The van der Waals surface area contributed by atoms with Crippen LogP contribution in [-0.2, 0) is 0 Å². The standard InChI is InChI=1S/FH.H3N3/c;1-3-2/h1H;(H3,1,2). The fraction of sp³-hybridized carbons (Fsp3) is 0. The summed E-state index contributed by atoms with van der Waals surface area (Å²) in [6.07, 6.45) is 0. The summed E-state index contributed by atoms with van der Waals surface area (Å²) in [5, 5.41) is 2.25. The van der Waals surface area contributed by atoms with Crippen LogP contribution in [0.3, 0.4) is 0 Å². The van der Waals surface area contributed by atoms with Gasteiger partial charge in [0.1, 0.15) is 0 Å². The van der Waals surface area contributed by atoms with Crippen molar-refractivity contribution in [2.45, 2.75) is 0 Å². The van der Waals surface area contributed by atoms with Gasteiger partial charge in [-0.2, -0.15) is 5.53 Å². The van der Waals surface area contributed by atoms with Crippen molar-refractivity contribution < 1.29 is 4.70 Å². The topological polar surface area (TPSA) is 62.2 Å². The van der Waals surface area contributed by atoms with Crippen molar-refractivity contribution in [1.29, 1.82) is 5.53 Å². The average molecular weight is 65.1 g/mol. The largest absolute Gasteiger partial charge is 0.305 e. The highest BCUT2D eigenvalue weighted by Crippen LogP contribution is 1.13. The van der Waals surface area contributed by atoms with E-state index in [1.807, 2.05) is 0 Å². The second-order valence-corrected chi connectivity index (χ2v) is 0.129. The van der Waals surface area contributed by atoms with Gasteiger partial charge in [-0.05, 0) is 0 Å². The van der Waals surface area contributed by atoms with Crippen LogP contribution in [0.25, 0.3) is 0 Å². The Labute approximate surface area is 22.6 Å². The molecule has 0 rings (SSSR count). The molecule has 0 radical (unpaired) electrons. The van der Waals surface area contributed by atoms with E-state index < -0.39 is 0 Å². The molecular weight excluding hydrogens is 61.0 g/mol. The van der Waals surface area contributed by atoms with Crippen LogP contribution in [0.1, 0.15) is 0 Å². The van der Waals surface area contributed by atoms with Crippen LogP contribution < -0.4 is 5.84 Å². The van der Waals surface area contributed by atoms with Crippen LogP contribution in [0.2, 0.25) is 0 Å². The first kappa shape index (κ1) is 10.2. The van der Waals surface area contributed by atoms with E-state index in [0.717, 1.165) is 0 Å². The van der Waals surface area contributed by atoms with Gasteiger partial charge in [0.25, 0.3) is 0 Å². The molecule has 0 bridgehead atoms. The van der Waals surface area contributed by atoms with Crippen molar-refractivity contribution in [1.82, 2.24) is 0 Å². The lowest BCUT2D eigenvalue weighted by atomic mass is 12.8. The van der Waals surface area contributed by atoms with Gasteiger partial charge in [-0.25, -0.2) is 0 Å². The van der Waals surface area contributed by atoms with Gasteiger partial charge in [-0.15, -0.1) is 0 Å². The van der Waals surface area contributed by atoms with E-state index in [9.17, 15) is 0 Å². The monoisotopic (exact) mass is 65.0 g/mol. The van der Waals surface area contributed by atoms with Crippen molar-refractivity contribution in [3.63, 3.8) is 0 Å². The Balaban J connectivity index is 0. The maximum Gasteiger partial charge on any atom is -0.0856 e. The number of nitrogens with zero attached hydrogens (tertiary/aromatic N) is 1. The number of halogens is 1. The molecule has 0 aliphatic heterocycles. The van der Waals surface area contributed by atoms with Crippen molar-refractivity contribution in [3.8, 4) is 0 Å². The minimum Gasteiger partial charge on any atom is -0.305 e. The quantitative estimate of drug-likeness (QED) is 0.233. The highest BCUT2D eigenvalue weighted by Gasteiger charge is 1.05. The van der Waals surface area contributed by atoms with Crippen LogP contribution in [0.4, 0.5) is 4.70 Å². The summed E-state index contributed by atoms with van der Waals surface area (Å²) < 4.78 is 0. The Morgan fingerprint density at radius 2 is 1.75 bits per heavy atom. The van der Waals surface area contributed by atoms with E-state index in [1.54, 1.807) is 0 Å². The Hall–Kier alpha value is -0.670. The van der Waals surface area contributed by atoms with Gasteiger partial charge in [-0.1, -0.05) is 5.22 Å². The van der Waals surface area contributed by atoms with Crippen LogP contribution in [0.15, 0.2) is 5.22 Å². The lowest BCUT2D eigenvalue weighted by molar-refractivity contribution is 0.991. The molecule has 3 nitrogen and oxygen atoms in total. The lowest BCUT2D eigenvalue weighted by Gasteiger charge is -1.40. The van der Waals surface area contributed by atoms with Crippen molar-refractivity contribution in [2.24, 2.45) is 11.1 Å². The smallest absolute Gasteiger partial charge is 0.0856 e. The minimum absolute atomic E-state index is 0. The van der Waals surface area contributed by atoms with Gasteiger partial charge < -0.3 is 5.84 Å².